The van der Waals surface area contributed by atoms with Crippen LogP contribution in [0, 0.1) is 5.92 Å². The van der Waals surface area contributed by atoms with Gasteiger partial charge in [0.2, 0.25) is 5.91 Å². The van der Waals surface area contributed by atoms with Gasteiger partial charge in [-0.15, -0.1) is 0 Å². The first kappa shape index (κ1) is 14.2. The van der Waals surface area contributed by atoms with Crippen molar-refractivity contribution in [2.45, 2.75) is 58.8 Å². The van der Waals surface area contributed by atoms with Crippen LogP contribution < -0.4 is 0 Å². The SMILES string of the molecule is CC(C)CCCCCCN1CCC(=O)CC1=O. The van der Waals surface area contributed by atoms with E-state index in [1.807, 2.05) is 4.90 Å². The quantitative estimate of drug-likeness (QED) is 0.506. The van der Waals surface area contributed by atoms with E-state index in [1.165, 1.54) is 25.7 Å². The molecule has 0 aliphatic carbocycles. The Morgan fingerprint density at radius 3 is 2.47 bits per heavy atom. The topological polar surface area (TPSA) is 37.4 Å². The lowest BCUT2D eigenvalue weighted by molar-refractivity contribution is -0.139. The number of carbonyl (C=O) groups is 2. The number of carbonyl (C=O) groups excluding carboxylic acids is 2. The average molecular weight is 239 g/mol. The van der Waals surface area contributed by atoms with Crippen molar-refractivity contribution in [3.8, 4) is 0 Å². The van der Waals surface area contributed by atoms with Gasteiger partial charge in [0.1, 0.15) is 5.78 Å². The minimum atomic E-state index is 0.0310. The number of hydrogen-bond donors (Lipinski definition) is 0. The molecular formula is C14H25NO2. The van der Waals surface area contributed by atoms with E-state index in [1.54, 1.807) is 0 Å². The van der Waals surface area contributed by atoms with Crippen molar-refractivity contribution in [2.75, 3.05) is 13.1 Å². The predicted octanol–water partition coefficient (Wildman–Crippen LogP) is 2.78. The zero-order valence-corrected chi connectivity index (χ0v) is 11.2. The Bertz CT molecular complexity index is 261. The molecule has 1 amide bonds. The number of amides is 1. The van der Waals surface area contributed by atoms with Gasteiger partial charge in [-0.25, -0.2) is 0 Å². The highest BCUT2D eigenvalue weighted by atomic mass is 16.2. The lowest BCUT2D eigenvalue weighted by Crippen LogP contribution is -2.39. The molecule has 98 valence electrons. The lowest BCUT2D eigenvalue weighted by atomic mass is 10.0. The van der Waals surface area contributed by atoms with Gasteiger partial charge in [0.15, 0.2) is 0 Å². The zero-order valence-electron chi connectivity index (χ0n) is 11.2. The number of hydrogen-bond acceptors (Lipinski definition) is 2. The third-order valence-electron chi connectivity index (χ3n) is 3.32. The Hall–Kier alpha value is -0.860. The Morgan fingerprint density at radius 1 is 1.12 bits per heavy atom. The molecule has 0 aromatic carbocycles. The summed E-state index contributed by atoms with van der Waals surface area (Å²) in [6, 6.07) is 0. The van der Waals surface area contributed by atoms with Crippen molar-refractivity contribution >= 4 is 11.7 Å². The fourth-order valence-corrected chi connectivity index (χ4v) is 2.20. The highest BCUT2D eigenvalue weighted by molar-refractivity contribution is 6.00. The molecule has 0 bridgehead atoms. The third-order valence-corrected chi connectivity index (χ3v) is 3.32. The van der Waals surface area contributed by atoms with Crippen LogP contribution in [-0.2, 0) is 9.59 Å². The fraction of sp³-hybridized carbons (Fsp3) is 0.857. The normalized spacial score (nSPS) is 17.0. The predicted molar refractivity (Wildman–Crippen MR) is 68.7 cm³/mol. The molecule has 1 aliphatic rings. The maximum Gasteiger partial charge on any atom is 0.230 e. The van der Waals surface area contributed by atoms with Crippen molar-refractivity contribution in [2.24, 2.45) is 5.92 Å². The lowest BCUT2D eigenvalue weighted by Gasteiger charge is -2.25. The van der Waals surface area contributed by atoms with Gasteiger partial charge in [-0.3, -0.25) is 9.59 Å². The Labute approximate surface area is 105 Å². The monoisotopic (exact) mass is 239 g/mol. The number of unbranched alkanes of at least 4 members (excludes halogenated alkanes) is 3. The Kier molecular flexibility index (Phi) is 6.23. The first-order chi connectivity index (χ1) is 8.09. The number of nitrogens with zero attached hydrogens (tertiary/aromatic N) is 1. The maximum absolute atomic E-state index is 11.5. The molecule has 1 aliphatic heterocycles. The van der Waals surface area contributed by atoms with Crippen LogP contribution in [0.1, 0.15) is 58.8 Å². The first-order valence-corrected chi connectivity index (χ1v) is 6.89. The highest BCUT2D eigenvalue weighted by Gasteiger charge is 2.22. The van der Waals surface area contributed by atoms with Crippen LogP contribution in [0.5, 0.6) is 0 Å². The van der Waals surface area contributed by atoms with E-state index in [0.717, 1.165) is 18.9 Å². The number of rotatable bonds is 7. The highest BCUT2D eigenvalue weighted by Crippen LogP contribution is 2.12. The van der Waals surface area contributed by atoms with Crippen LogP contribution in [0.15, 0.2) is 0 Å². The van der Waals surface area contributed by atoms with Crippen LogP contribution in [-0.4, -0.2) is 29.7 Å². The van der Waals surface area contributed by atoms with Gasteiger partial charge in [0, 0.05) is 19.5 Å². The van der Waals surface area contributed by atoms with E-state index in [2.05, 4.69) is 13.8 Å². The molecule has 0 N–H and O–H groups in total. The summed E-state index contributed by atoms with van der Waals surface area (Å²) in [6.45, 7) is 5.99. The van der Waals surface area contributed by atoms with E-state index < -0.39 is 0 Å². The first-order valence-electron chi connectivity index (χ1n) is 6.89. The molecule has 1 heterocycles. The molecule has 0 spiro atoms. The van der Waals surface area contributed by atoms with Crippen molar-refractivity contribution in [3.63, 3.8) is 0 Å². The molecule has 1 fully saturated rings. The van der Waals surface area contributed by atoms with Crippen LogP contribution in [0.4, 0.5) is 0 Å². The second-order valence-electron chi connectivity index (χ2n) is 5.44. The van der Waals surface area contributed by atoms with Crippen LogP contribution in [0.3, 0.4) is 0 Å². The summed E-state index contributed by atoms with van der Waals surface area (Å²) in [6.07, 6.45) is 6.83. The molecule has 3 nitrogen and oxygen atoms in total. The van der Waals surface area contributed by atoms with Crippen molar-refractivity contribution < 1.29 is 9.59 Å². The van der Waals surface area contributed by atoms with Gasteiger partial charge in [0.25, 0.3) is 0 Å². The fourth-order valence-electron chi connectivity index (χ4n) is 2.20. The molecule has 0 saturated carbocycles. The van der Waals surface area contributed by atoms with Gasteiger partial charge in [-0.1, -0.05) is 39.5 Å². The minimum Gasteiger partial charge on any atom is -0.342 e. The smallest absolute Gasteiger partial charge is 0.230 e. The minimum absolute atomic E-state index is 0.0310. The van der Waals surface area contributed by atoms with E-state index >= 15 is 0 Å². The summed E-state index contributed by atoms with van der Waals surface area (Å²) in [5.74, 6) is 0.927. The number of Topliss-reactive ketones (excluding diaryl/α,β-unsaturated/α-hetero) is 1. The number of ketones is 1. The summed E-state index contributed by atoms with van der Waals surface area (Å²) in [5.41, 5.74) is 0. The van der Waals surface area contributed by atoms with Gasteiger partial charge in [-0.05, 0) is 12.3 Å². The summed E-state index contributed by atoms with van der Waals surface area (Å²) in [4.78, 5) is 24.4. The van der Waals surface area contributed by atoms with E-state index in [0.29, 0.717) is 13.0 Å². The van der Waals surface area contributed by atoms with E-state index in [-0.39, 0.29) is 18.1 Å². The zero-order chi connectivity index (χ0) is 12.7. The molecule has 0 atom stereocenters. The molecule has 0 radical (unpaired) electrons. The molecular weight excluding hydrogens is 214 g/mol. The molecule has 0 unspecified atom stereocenters. The summed E-state index contributed by atoms with van der Waals surface area (Å²) in [7, 11) is 0. The Morgan fingerprint density at radius 2 is 1.82 bits per heavy atom. The second kappa shape index (κ2) is 7.46. The van der Waals surface area contributed by atoms with Gasteiger partial charge >= 0.3 is 0 Å². The van der Waals surface area contributed by atoms with Gasteiger partial charge in [0.05, 0.1) is 6.42 Å². The van der Waals surface area contributed by atoms with Crippen molar-refractivity contribution in [1.82, 2.24) is 4.90 Å². The van der Waals surface area contributed by atoms with Crippen molar-refractivity contribution in [1.29, 1.82) is 0 Å². The second-order valence-corrected chi connectivity index (χ2v) is 5.44. The average Bonchev–Trinajstić information content (AvgIpc) is 2.25. The molecule has 0 aromatic heterocycles. The number of likely N-dealkylation sites (tertiary alicyclic amines) is 1. The Balaban J connectivity index is 2.03. The summed E-state index contributed by atoms with van der Waals surface area (Å²) in [5, 5.41) is 0. The van der Waals surface area contributed by atoms with Gasteiger partial charge < -0.3 is 4.90 Å². The van der Waals surface area contributed by atoms with Gasteiger partial charge in [-0.2, -0.15) is 0 Å². The summed E-state index contributed by atoms with van der Waals surface area (Å²) < 4.78 is 0. The molecule has 17 heavy (non-hydrogen) atoms. The summed E-state index contributed by atoms with van der Waals surface area (Å²) >= 11 is 0. The molecule has 1 rings (SSSR count). The molecule has 0 aromatic rings. The molecule has 3 heteroatoms. The van der Waals surface area contributed by atoms with Crippen LogP contribution in [0.25, 0.3) is 0 Å². The standard InChI is InChI=1S/C14H25NO2/c1-12(2)7-5-3-4-6-9-15-10-8-13(16)11-14(15)17/h12H,3-11H2,1-2H3. The number of piperidine rings is 1. The van der Waals surface area contributed by atoms with E-state index in [4.69, 9.17) is 0 Å². The van der Waals surface area contributed by atoms with Crippen LogP contribution in [0.2, 0.25) is 0 Å². The third kappa shape index (κ3) is 5.85. The maximum atomic E-state index is 11.5. The molecule has 1 saturated heterocycles. The van der Waals surface area contributed by atoms with Crippen LogP contribution >= 0.6 is 0 Å². The van der Waals surface area contributed by atoms with E-state index in [9.17, 15) is 9.59 Å². The largest absolute Gasteiger partial charge is 0.342 e. The van der Waals surface area contributed by atoms with Crippen molar-refractivity contribution in [3.05, 3.63) is 0 Å².